The molecule has 1 atom stereocenters. The predicted octanol–water partition coefficient (Wildman–Crippen LogP) is 1.84. The number of benzene rings is 1. The van der Waals surface area contributed by atoms with E-state index in [1.807, 2.05) is 0 Å². The average molecular weight is 343 g/mol. The van der Waals surface area contributed by atoms with Gasteiger partial charge in [0.1, 0.15) is 18.7 Å². The lowest BCUT2D eigenvalue weighted by atomic mass is 9.99. The third-order valence-electron chi connectivity index (χ3n) is 4.22. The van der Waals surface area contributed by atoms with Crippen molar-refractivity contribution in [1.82, 2.24) is 14.8 Å². The van der Waals surface area contributed by atoms with Gasteiger partial charge in [-0.15, -0.1) is 0 Å². The summed E-state index contributed by atoms with van der Waals surface area (Å²) in [6.45, 7) is 3.01. The van der Waals surface area contributed by atoms with Crippen molar-refractivity contribution in [3.05, 3.63) is 36.9 Å². The number of carbonyl (C=O) groups excluding carboxylic acids is 2. The summed E-state index contributed by atoms with van der Waals surface area (Å²) in [5, 5.41) is 9.68. The summed E-state index contributed by atoms with van der Waals surface area (Å²) in [5.41, 5.74) is 1.36. The van der Waals surface area contributed by atoms with Crippen LogP contribution in [0.2, 0.25) is 0 Å². The second-order valence-electron chi connectivity index (χ2n) is 5.99. The summed E-state index contributed by atoms with van der Waals surface area (Å²) in [7, 11) is 0. The molecule has 0 radical (unpaired) electrons. The van der Waals surface area contributed by atoms with Crippen LogP contribution in [0.1, 0.15) is 25.8 Å². The van der Waals surface area contributed by atoms with Gasteiger partial charge in [0.15, 0.2) is 0 Å². The minimum absolute atomic E-state index is 0.00309. The van der Waals surface area contributed by atoms with Crippen molar-refractivity contribution in [2.24, 2.45) is 5.92 Å². The minimum atomic E-state index is -0.463. The zero-order valence-electron chi connectivity index (χ0n) is 14.0. The minimum Gasteiger partial charge on any atom is -0.381 e. The van der Waals surface area contributed by atoms with Crippen molar-refractivity contribution in [2.75, 3.05) is 23.8 Å². The number of rotatable bonds is 5. The van der Waals surface area contributed by atoms with Gasteiger partial charge in [-0.1, -0.05) is 0 Å². The van der Waals surface area contributed by atoms with Crippen molar-refractivity contribution in [1.29, 1.82) is 0 Å². The summed E-state index contributed by atoms with van der Waals surface area (Å²) in [4.78, 5) is 28.2. The zero-order chi connectivity index (χ0) is 17.6. The molecule has 1 unspecified atom stereocenters. The second kappa shape index (κ2) is 7.89. The first-order valence-corrected chi connectivity index (χ1v) is 8.27. The molecule has 1 aromatic heterocycles. The fourth-order valence-electron chi connectivity index (χ4n) is 2.63. The SMILES string of the molecule is CC(C(=O)Nc1ccc(NC(=O)C2CCOCC2)cc1)n1cncn1. The Balaban J connectivity index is 1.55. The van der Waals surface area contributed by atoms with Crippen molar-refractivity contribution in [3.63, 3.8) is 0 Å². The van der Waals surface area contributed by atoms with E-state index in [2.05, 4.69) is 20.7 Å². The van der Waals surface area contributed by atoms with E-state index in [1.54, 1.807) is 31.2 Å². The summed E-state index contributed by atoms with van der Waals surface area (Å²) in [6.07, 6.45) is 4.39. The van der Waals surface area contributed by atoms with E-state index in [-0.39, 0.29) is 17.7 Å². The zero-order valence-corrected chi connectivity index (χ0v) is 14.0. The molecule has 2 aromatic rings. The lowest BCUT2D eigenvalue weighted by molar-refractivity contribution is -0.122. The van der Waals surface area contributed by atoms with E-state index in [0.717, 1.165) is 12.8 Å². The monoisotopic (exact) mass is 343 g/mol. The van der Waals surface area contributed by atoms with E-state index >= 15 is 0 Å². The maximum atomic E-state index is 12.2. The molecule has 2 N–H and O–H groups in total. The molecular weight excluding hydrogens is 322 g/mol. The van der Waals surface area contributed by atoms with Gasteiger partial charge >= 0.3 is 0 Å². The number of hydrogen-bond donors (Lipinski definition) is 2. The molecule has 1 aliphatic heterocycles. The van der Waals surface area contributed by atoms with Crippen LogP contribution < -0.4 is 10.6 Å². The number of amides is 2. The van der Waals surface area contributed by atoms with Crippen molar-refractivity contribution < 1.29 is 14.3 Å². The molecule has 0 spiro atoms. The first kappa shape index (κ1) is 17.1. The van der Waals surface area contributed by atoms with Gasteiger partial charge in [0, 0.05) is 30.5 Å². The molecule has 1 saturated heterocycles. The number of aromatic nitrogens is 3. The molecule has 0 saturated carbocycles. The Labute approximate surface area is 145 Å². The molecular formula is C17H21N5O3. The highest BCUT2D eigenvalue weighted by Gasteiger charge is 2.21. The Morgan fingerprint density at radius 1 is 1.16 bits per heavy atom. The van der Waals surface area contributed by atoms with Gasteiger partial charge in [-0.3, -0.25) is 9.59 Å². The van der Waals surface area contributed by atoms with Crippen LogP contribution in [0.4, 0.5) is 11.4 Å². The van der Waals surface area contributed by atoms with Crippen LogP contribution in [0, 0.1) is 5.92 Å². The van der Waals surface area contributed by atoms with E-state index in [0.29, 0.717) is 24.6 Å². The summed E-state index contributed by atoms with van der Waals surface area (Å²) in [5.74, 6) is -0.180. The van der Waals surface area contributed by atoms with E-state index in [1.165, 1.54) is 17.3 Å². The van der Waals surface area contributed by atoms with Crippen LogP contribution in [0.5, 0.6) is 0 Å². The van der Waals surface area contributed by atoms with Crippen LogP contribution in [0.15, 0.2) is 36.9 Å². The van der Waals surface area contributed by atoms with Gasteiger partial charge in [-0.25, -0.2) is 9.67 Å². The van der Waals surface area contributed by atoms with Gasteiger partial charge in [0.25, 0.3) is 0 Å². The first-order chi connectivity index (χ1) is 12.1. The third kappa shape index (κ3) is 4.42. The van der Waals surface area contributed by atoms with Crippen LogP contribution in [-0.4, -0.2) is 39.8 Å². The number of ether oxygens (including phenoxy) is 1. The molecule has 0 aliphatic carbocycles. The second-order valence-corrected chi connectivity index (χ2v) is 5.99. The first-order valence-electron chi connectivity index (χ1n) is 8.27. The average Bonchev–Trinajstić information content (AvgIpc) is 3.18. The molecule has 1 fully saturated rings. The van der Waals surface area contributed by atoms with Crippen LogP contribution in [-0.2, 0) is 14.3 Å². The Morgan fingerprint density at radius 2 is 1.80 bits per heavy atom. The number of nitrogens with one attached hydrogen (secondary N) is 2. The maximum absolute atomic E-state index is 12.2. The fourth-order valence-corrected chi connectivity index (χ4v) is 2.63. The topological polar surface area (TPSA) is 98.1 Å². The molecule has 8 nitrogen and oxygen atoms in total. The molecule has 0 bridgehead atoms. The van der Waals surface area contributed by atoms with Gasteiger partial charge in [0.2, 0.25) is 11.8 Å². The normalized spacial score (nSPS) is 16.2. The van der Waals surface area contributed by atoms with Gasteiger partial charge in [-0.2, -0.15) is 5.10 Å². The smallest absolute Gasteiger partial charge is 0.249 e. The van der Waals surface area contributed by atoms with Crippen LogP contribution in [0.3, 0.4) is 0 Å². The van der Waals surface area contributed by atoms with Crippen molar-refractivity contribution >= 4 is 23.2 Å². The lowest BCUT2D eigenvalue weighted by Crippen LogP contribution is -2.28. The summed E-state index contributed by atoms with van der Waals surface area (Å²) < 4.78 is 6.75. The quantitative estimate of drug-likeness (QED) is 0.863. The van der Waals surface area contributed by atoms with Gasteiger partial charge < -0.3 is 15.4 Å². The molecule has 3 rings (SSSR count). The Morgan fingerprint density at radius 3 is 2.40 bits per heavy atom. The van der Waals surface area contributed by atoms with Crippen molar-refractivity contribution in [2.45, 2.75) is 25.8 Å². The van der Waals surface area contributed by atoms with Crippen molar-refractivity contribution in [3.8, 4) is 0 Å². The Bertz CT molecular complexity index is 708. The third-order valence-corrected chi connectivity index (χ3v) is 4.22. The highest BCUT2D eigenvalue weighted by atomic mass is 16.5. The predicted molar refractivity (Wildman–Crippen MR) is 92.0 cm³/mol. The maximum Gasteiger partial charge on any atom is 0.249 e. The largest absolute Gasteiger partial charge is 0.381 e. The molecule has 2 amide bonds. The molecule has 1 aromatic carbocycles. The number of carbonyl (C=O) groups is 2. The highest BCUT2D eigenvalue weighted by molar-refractivity contribution is 5.95. The molecule has 8 heteroatoms. The summed E-state index contributed by atoms with van der Waals surface area (Å²) in [6, 6.07) is 6.59. The van der Waals surface area contributed by atoms with Crippen LogP contribution >= 0.6 is 0 Å². The van der Waals surface area contributed by atoms with E-state index in [9.17, 15) is 9.59 Å². The molecule has 25 heavy (non-hydrogen) atoms. The lowest BCUT2D eigenvalue weighted by Gasteiger charge is -2.21. The Hall–Kier alpha value is -2.74. The van der Waals surface area contributed by atoms with E-state index < -0.39 is 6.04 Å². The van der Waals surface area contributed by atoms with E-state index in [4.69, 9.17) is 4.74 Å². The standard InChI is InChI=1S/C17H21N5O3/c1-12(22-11-18-10-19-22)16(23)20-14-2-4-15(5-3-14)21-17(24)13-6-8-25-9-7-13/h2-5,10-13H,6-9H2,1H3,(H,20,23)(H,21,24). The van der Waals surface area contributed by atoms with Gasteiger partial charge in [0.05, 0.1) is 0 Å². The summed E-state index contributed by atoms with van der Waals surface area (Å²) >= 11 is 0. The van der Waals surface area contributed by atoms with Gasteiger partial charge in [-0.05, 0) is 44.0 Å². The fraction of sp³-hybridized carbons (Fsp3) is 0.412. The highest BCUT2D eigenvalue weighted by Crippen LogP contribution is 2.19. The number of nitrogens with zero attached hydrogens (tertiary/aromatic N) is 3. The van der Waals surface area contributed by atoms with Crippen LogP contribution in [0.25, 0.3) is 0 Å². The molecule has 132 valence electrons. The molecule has 1 aliphatic rings. The molecule has 2 heterocycles. The Kier molecular flexibility index (Phi) is 5.39. The number of hydrogen-bond acceptors (Lipinski definition) is 5. The number of anilines is 2.